The molecule has 0 radical (unpaired) electrons. The van der Waals surface area contributed by atoms with Gasteiger partial charge in [0.25, 0.3) is 0 Å². The predicted molar refractivity (Wildman–Crippen MR) is 121 cm³/mol. The number of carbonyl (C=O) groups excluding carboxylic acids is 1. The second-order valence-corrected chi connectivity index (χ2v) is 9.20. The summed E-state index contributed by atoms with van der Waals surface area (Å²) in [6.45, 7) is 8.91. The van der Waals surface area contributed by atoms with Gasteiger partial charge in [-0.25, -0.2) is 4.79 Å². The van der Waals surface area contributed by atoms with Crippen LogP contribution in [0.15, 0.2) is 60.7 Å². The number of rotatable bonds is 8. The van der Waals surface area contributed by atoms with Crippen molar-refractivity contribution in [2.75, 3.05) is 6.61 Å². The van der Waals surface area contributed by atoms with Crippen LogP contribution in [0.1, 0.15) is 70.1 Å². The molecule has 3 nitrogen and oxygen atoms in total. The standard InChI is InChI=1S/C27H36O3/c1-19(2)24-16-15-20(3)17-25(24)29-18-26(28)30-27(23-13-9-6-10-14-23)21(4)22-11-7-5-8-12-22/h5-14,19-21,24-25,27H,15-18H2,1-4H3/t20?,21?,24?,25?,27-/m0/s1. The zero-order valence-electron chi connectivity index (χ0n) is 18.8. The normalized spacial score (nSPS) is 23.7. The number of hydrogen-bond acceptors (Lipinski definition) is 3. The Morgan fingerprint density at radius 2 is 1.53 bits per heavy atom. The molecule has 0 heterocycles. The SMILES string of the molecule is CC1CCC(C(C)C)C(OCC(=O)O[C@H](c2ccccc2)C(C)c2ccccc2)C1. The van der Waals surface area contributed by atoms with E-state index in [1.807, 2.05) is 48.5 Å². The first-order valence-electron chi connectivity index (χ1n) is 11.4. The lowest BCUT2D eigenvalue weighted by atomic mass is 9.75. The first kappa shape index (κ1) is 22.6. The van der Waals surface area contributed by atoms with E-state index in [1.165, 1.54) is 12.8 Å². The maximum atomic E-state index is 12.8. The first-order chi connectivity index (χ1) is 14.5. The fourth-order valence-electron chi connectivity index (χ4n) is 4.69. The lowest BCUT2D eigenvalue weighted by molar-refractivity contribution is -0.161. The molecule has 3 rings (SSSR count). The van der Waals surface area contributed by atoms with Crippen LogP contribution in [0.5, 0.6) is 0 Å². The Hall–Kier alpha value is -2.13. The van der Waals surface area contributed by atoms with Crippen LogP contribution in [0.25, 0.3) is 0 Å². The molecule has 1 aliphatic carbocycles. The highest BCUT2D eigenvalue weighted by molar-refractivity contribution is 5.71. The number of ether oxygens (including phenoxy) is 2. The topological polar surface area (TPSA) is 35.5 Å². The minimum atomic E-state index is -0.337. The van der Waals surface area contributed by atoms with Crippen molar-refractivity contribution in [2.45, 2.75) is 65.1 Å². The number of hydrogen-bond donors (Lipinski definition) is 0. The van der Waals surface area contributed by atoms with Gasteiger partial charge in [0.1, 0.15) is 12.7 Å². The van der Waals surface area contributed by atoms with Crippen molar-refractivity contribution in [1.29, 1.82) is 0 Å². The highest BCUT2D eigenvalue weighted by atomic mass is 16.6. The van der Waals surface area contributed by atoms with Gasteiger partial charge in [0.15, 0.2) is 0 Å². The Bertz CT molecular complexity index is 771. The zero-order valence-corrected chi connectivity index (χ0v) is 18.8. The highest BCUT2D eigenvalue weighted by Gasteiger charge is 2.32. The molecule has 0 bridgehead atoms. The van der Waals surface area contributed by atoms with E-state index < -0.39 is 0 Å². The van der Waals surface area contributed by atoms with Gasteiger partial charge in [-0.05, 0) is 41.7 Å². The molecular formula is C27H36O3. The fraction of sp³-hybridized carbons (Fsp3) is 0.519. The fourth-order valence-corrected chi connectivity index (χ4v) is 4.69. The number of esters is 1. The maximum Gasteiger partial charge on any atom is 0.332 e. The smallest absolute Gasteiger partial charge is 0.332 e. The summed E-state index contributed by atoms with van der Waals surface area (Å²) in [6.07, 6.45) is 3.26. The Morgan fingerprint density at radius 1 is 0.933 bits per heavy atom. The summed E-state index contributed by atoms with van der Waals surface area (Å²) in [7, 11) is 0. The molecule has 4 unspecified atom stereocenters. The van der Waals surface area contributed by atoms with Crippen molar-refractivity contribution < 1.29 is 14.3 Å². The summed E-state index contributed by atoms with van der Waals surface area (Å²) in [5.41, 5.74) is 2.16. The second kappa shape index (κ2) is 10.8. The molecule has 1 aliphatic rings. The molecule has 0 N–H and O–H groups in total. The van der Waals surface area contributed by atoms with Gasteiger partial charge in [-0.2, -0.15) is 0 Å². The minimum absolute atomic E-state index is 0.0193. The summed E-state index contributed by atoms with van der Waals surface area (Å²) in [4.78, 5) is 12.8. The highest BCUT2D eigenvalue weighted by Crippen LogP contribution is 2.36. The van der Waals surface area contributed by atoms with Crippen LogP contribution in [0.2, 0.25) is 0 Å². The Kier molecular flexibility index (Phi) is 8.09. The first-order valence-corrected chi connectivity index (χ1v) is 11.4. The van der Waals surface area contributed by atoms with E-state index >= 15 is 0 Å². The van der Waals surface area contributed by atoms with Crippen LogP contribution in [-0.4, -0.2) is 18.7 Å². The third-order valence-corrected chi connectivity index (χ3v) is 6.54. The van der Waals surface area contributed by atoms with E-state index in [1.54, 1.807) is 0 Å². The van der Waals surface area contributed by atoms with Gasteiger partial charge in [-0.1, -0.05) is 94.8 Å². The average molecular weight is 409 g/mol. The van der Waals surface area contributed by atoms with Crippen LogP contribution in [0, 0.1) is 17.8 Å². The second-order valence-electron chi connectivity index (χ2n) is 9.20. The summed E-state index contributed by atoms with van der Waals surface area (Å²) in [6, 6.07) is 20.2. The molecule has 0 amide bonds. The van der Waals surface area contributed by atoms with Gasteiger partial charge < -0.3 is 9.47 Å². The number of carbonyl (C=O) groups is 1. The monoisotopic (exact) mass is 408 g/mol. The molecule has 0 spiro atoms. The summed E-state index contributed by atoms with van der Waals surface area (Å²) >= 11 is 0. The van der Waals surface area contributed by atoms with E-state index in [4.69, 9.17) is 9.47 Å². The van der Waals surface area contributed by atoms with E-state index in [9.17, 15) is 4.79 Å². The molecule has 5 atom stereocenters. The molecule has 0 saturated heterocycles. The quantitative estimate of drug-likeness (QED) is 0.465. The molecule has 3 heteroatoms. The molecule has 30 heavy (non-hydrogen) atoms. The third-order valence-electron chi connectivity index (χ3n) is 6.54. The minimum Gasteiger partial charge on any atom is -0.455 e. The Labute approximate surface area is 181 Å². The van der Waals surface area contributed by atoms with Crippen LogP contribution >= 0.6 is 0 Å². The molecular weight excluding hydrogens is 372 g/mol. The van der Waals surface area contributed by atoms with Crippen LogP contribution in [0.4, 0.5) is 0 Å². The lowest BCUT2D eigenvalue weighted by Gasteiger charge is -2.37. The summed E-state index contributed by atoms with van der Waals surface area (Å²) in [5, 5.41) is 0. The molecule has 0 aliphatic heterocycles. The summed E-state index contributed by atoms with van der Waals surface area (Å²) < 4.78 is 12.1. The maximum absolute atomic E-state index is 12.8. The molecule has 1 fully saturated rings. The third kappa shape index (κ3) is 5.95. The molecule has 1 saturated carbocycles. The van der Waals surface area contributed by atoms with Crippen molar-refractivity contribution in [1.82, 2.24) is 0 Å². The van der Waals surface area contributed by atoms with Gasteiger partial charge >= 0.3 is 5.97 Å². The molecule has 2 aromatic rings. The molecule has 2 aromatic carbocycles. The average Bonchev–Trinajstić information content (AvgIpc) is 2.76. The Morgan fingerprint density at radius 3 is 2.13 bits per heavy atom. The summed E-state index contributed by atoms with van der Waals surface area (Å²) in [5.74, 6) is 1.50. The number of benzene rings is 2. The predicted octanol–water partition coefficient (Wildman–Crippen LogP) is 6.55. The van der Waals surface area contributed by atoms with Gasteiger partial charge in [-0.15, -0.1) is 0 Å². The van der Waals surface area contributed by atoms with Gasteiger partial charge in [0.05, 0.1) is 6.10 Å². The van der Waals surface area contributed by atoms with Crippen molar-refractivity contribution >= 4 is 5.97 Å². The van der Waals surface area contributed by atoms with Gasteiger partial charge in [0, 0.05) is 5.92 Å². The molecule has 162 valence electrons. The van der Waals surface area contributed by atoms with Crippen molar-refractivity contribution in [3.63, 3.8) is 0 Å². The molecule has 0 aromatic heterocycles. The Balaban J connectivity index is 1.67. The zero-order chi connectivity index (χ0) is 21.5. The van der Waals surface area contributed by atoms with E-state index in [2.05, 4.69) is 39.8 Å². The van der Waals surface area contributed by atoms with Crippen molar-refractivity contribution in [2.24, 2.45) is 17.8 Å². The van der Waals surface area contributed by atoms with Crippen LogP contribution in [0.3, 0.4) is 0 Å². The van der Waals surface area contributed by atoms with E-state index in [0.717, 1.165) is 17.5 Å². The van der Waals surface area contributed by atoms with Crippen molar-refractivity contribution in [3.05, 3.63) is 71.8 Å². The lowest BCUT2D eigenvalue weighted by Crippen LogP contribution is -2.36. The van der Waals surface area contributed by atoms with Gasteiger partial charge in [0.2, 0.25) is 0 Å². The largest absolute Gasteiger partial charge is 0.455 e. The van der Waals surface area contributed by atoms with E-state index in [-0.39, 0.29) is 30.7 Å². The van der Waals surface area contributed by atoms with Crippen molar-refractivity contribution in [3.8, 4) is 0 Å². The van der Waals surface area contributed by atoms with E-state index in [0.29, 0.717) is 17.8 Å². The van der Waals surface area contributed by atoms with Crippen LogP contribution < -0.4 is 0 Å². The van der Waals surface area contributed by atoms with Gasteiger partial charge in [-0.3, -0.25) is 0 Å². The van der Waals surface area contributed by atoms with Crippen LogP contribution in [-0.2, 0) is 14.3 Å².